The average Bonchev–Trinajstić information content (AvgIpc) is 2.67. The molecular formula is C15H26N6O8. The van der Waals surface area contributed by atoms with Crippen molar-refractivity contribution < 1.29 is 39.0 Å². The molecule has 0 aromatic heterocycles. The van der Waals surface area contributed by atoms with Crippen molar-refractivity contribution in [3.8, 4) is 0 Å². The van der Waals surface area contributed by atoms with E-state index in [4.69, 9.17) is 15.9 Å². The van der Waals surface area contributed by atoms with E-state index in [0.717, 1.165) is 0 Å². The number of carbonyl (C=O) groups excluding carboxylic acids is 5. The third-order valence-electron chi connectivity index (χ3n) is 3.39. The molecule has 0 spiro atoms. The molecule has 0 aromatic rings. The quantitative estimate of drug-likeness (QED) is 0.151. The molecule has 0 rings (SSSR count). The molecule has 164 valence electrons. The van der Waals surface area contributed by atoms with Crippen LogP contribution in [-0.2, 0) is 28.8 Å². The molecule has 0 aromatic carbocycles. The minimum Gasteiger partial charge on any atom is -0.480 e. The predicted molar refractivity (Wildman–Crippen MR) is 96.9 cm³/mol. The van der Waals surface area contributed by atoms with E-state index >= 15 is 0 Å². The van der Waals surface area contributed by atoms with Crippen molar-refractivity contribution in [2.45, 2.75) is 32.0 Å². The number of hydrogen-bond acceptors (Lipinski definition) is 8. The van der Waals surface area contributed by atoms with Crippen LogP contribution >= 0.6 is 0 Å². The van der Waals surface area contributed by atoms with Gasteiger partial charge in [0.1, 0.15) is 18.1 Å². The second-order valence-electron chi connectivity index (χ2n) is 5.86. The summed E-state index contributed by atoms with van der Waals surface area (Å²) in [7, 11) is 0. The van der Waals surface area contributed by atoms with Gasteiger partial charge in [0.25, 0.3) is 0 Å². The van der Waals surface area contributed by atoms with Crippen LogP contribution in [0, 0.1) is 0 Å². The van der Waals surface area contributed by atoms with E-state index in [1.165, 1.54) is 13.8 Å². The third-order valence-corrected chi connectivity index (χ3v) is 3.39. The molecule has 0 saturated heterocycles. The largest absolute Gasteiger partial charge is 0.480 e. The fraction of sp³-hybridized carbons (Fsp3) is 0.600. The number of carboxylic acids is 1. The van der Waals surface area contributed by atoms with E-state index in [1.54, 1.807) is 0 Å². The Morgan fingerprint density at radius 2 is 1.21 bits per heavy atom. The van der Waals surface area contributed by atoms with Crippen LogP contribution in [0.2, 0.25) is 0 Å². The van der Waals surface area contributed by atoms with Crippen LogP contribution in [0.15, 0.2) is 0 Å². The lowest BCUT2D eigenvalue weighted by molar-refractivity contribution is -0.142. The lowest BCUT2D eigenvalue weighted by Gasteiger charge is -2.16. The standard InChI is InChI=1S/C15H26N6O8/c1-7(19-10(23)3-16)13(26)17-4-11(24)20-8(2)14(27)18-5-12(25)21-9(6-22)15(28)29/h7-9,22H,3-6,16H2,1-2H3,(H,17,26)(H,18,27)(H,19,23)(H,20,24)(H,21,25)(H,28,29)/t7-,8-,9-/m0/s1. The highest BCUT2D eigenvalue weighted by molar-refractivity contribution is 5.93. The number of rotatable bonds is 12. The third kappa shape index (κ3) is 10.6. The molecule has 0 saturated carbocycles. The van der Waals surface area contributed by atoms with Gasteiger partial charge in [-0.15, -0.1) is 0 Å². The minimum atomic E-state index is -1.50. The summed E-state index contributed by atoms with van der Waals surface area (Å²) in [5.41, 5.74) is 5.11. The van der Waals surface area contributed by atoms with E-state index < -0.39 is 73.3 Å². The molecule has 29 heavy (non-hydrogen) atoms. The first kappa shape index (κ1) is 25.7. The van der Waals surface area contributed by atoms with Gasteiger partial charge in [0.15, 0.2) is 0 Å². The Balaban J connectivity index is 4.28. The summed E-state index contributed by atoms with van der Waals surface area (Å²) in [6.45, 7) is 0.578. The van der Waals surface area contributed by atoms with Crippen molar-refractivity contribution >= 4 is 35.5 Å². The minimum absolute atomic E-state index is 0.292. The number of nitrogens with one attached hydrogen (secondary N) is 5. The first-order valence-electron chi connectivity index (χ1n) is 8.49. The molecule has 9 N–H and O–H groups in total. The van der Waals surface area contributed by atoms with Gasteiger partial charge in [-0.05, 0) is 13.8 Å². The van der Waals surface area contributed by atoms with Crippen molar-refractivity contribution in [3.63, 3.8) is 0 Å². The molecule has 0 heterocycles. The maximum atomic E-state index is 11.9. The summed E-state index contributed by atoms with van der Waals surface area (Å²) in [5.74, 6) is -4.90. The maximum absolute atomic E-state index is 11.9. The Hall–Kier alpha value is -3.26. The molecule has 0 unspecified atom stereocenters. The van der Waals surface area contributed by atoms with Crippen LogP contribution in [-0.4, -0.2) is 90.1 Å². The number of aliphatic hydroxyl groups is 1. The second kappa shape index (κ2) is 13.0. The topological polar surface area (TPSA) is 229 Å². The van der Waals surface area contributed by atoms with E-state index in [-0.39, 0.29) is 6.54 Å². The fourth-order valence-corrected chi connectivity index (χ4v) is 1.80. The Bertz CT molecular complexity index is 640. The highest BCUT2D eigenvalue weighted by Crippen LogP contribution is 1.86. The van der Waals surface area contributed by atoms with Crippen LogP contribution in [0.4, 0.5) is 0 Å². The second-order valence-corrected chi connectivity index (χ2v) is 5.86. The number of carbonyl (C=O) groups is 6. The zero-order chi connectivity index (χ0) is 22.6. The van der Waals surface area contributed by atoms with Crippen LogP contribution < -0.4 is 32.3 Å². The molecular weight excluding hydrogens is 392 g/mol. The SMILES string of the molecule is C[C@H](NC(=O)CN)C(=O)NCC(=O)N[C@@H](C)C(=O)NCC(=O)N[C@@H](CO)C(=O)O. The molecule has 5 amide bonds. The maximum Gasteiger partial charge on any atom is 0.328 e. The summed E-state index contributed by atoms with van der Waals surface area (Å²) >= 11 is 0. The summed E-state index contributed by atoms with van der Waals surface area (Å²) < 4.78 is 0. The first-order valence-corrected chi connectivity index (χ1v) is 8.49. The van der Waals surface area contributed by atoms with Crippen molar-refractivity contribution in [3.05, 3.63) is 0 Å². The number of aliphatic carboxylic acids is 1. The van der Waals surface area contributed by atoms with Crippen molar-refractivity contribution in [2.24, 2.45) is 5.73 Å². The summed E-state index contributed by atoms with van der Waals surface area (Å²) in [4.78, 5) is 68.7. The van der Waals surface area contributed by atoms with E-state index in [0.29, 0.717) is 0 Å². The average molecular weight is 418 g/mol. The van der Waals surface area contributed by atoms with Crippen molar-refractivity contribution in [2.75, 3.05) is 26.2 Å². The van der Waals surface area contributed by atoms with Crippen LogP contribution in [0.1, 0.15) is 13.8 Å². The Morgan fingerprint density at radius 3 is 1.59 bits per heavy atom. The number of carboxylic acid groups (broad SMARTS) is 1. The summed E-state index contributed by atoms with van der Waals surface area (Å²) in [6.07, 6.45) is 0. The van der Waals surface area contributed by atoms with Crippen LogP contribution in [0.3, 0.4) is 0 Å². The van der Waals surface area contributed by atoms with Crippen LogP contribution in [0.25, 0.3) is 0 Å². The van der Waals surface area contributed by atoms with Gasteiger partial charge in [0.2, 0.25) is 29.5 Å². The Morgan fingerprint density at radius 1 is 0.793 bits per heavy atom. The van der Waals surface area contributed by atoms with Gasteiger partial charge in [0, 0.05) is 0 Å². The van der Waals surface area contributed by atoms with Gasteiger partial charge in [-0.25, -0.2) is 4.79 Å². The predicted octanol–water partition coefficient (Wildman–Crippen LogP) is -5.25. The monoisotopic (exact) mass is 418 g/mol. The number of hydrogen-bond donors (Lipinski definition) is 8. The highest BCUT2D eigenvalue weighted by atomic mass is 16.4. The molecule has 0 aliphatic rings. The first-order chi connectivity index (χ1) is 13.5. The molecule has 0 fully saturated rings. The fourth-order valence-electron chi connectivity index (χ4n) is 1.80. The van der Waals surface area contributed by atoms with Gasteiger partial charge in [-0.1, -0.05) is 0 Å². The highest BCUT2D eigenvalue weighted by Gasteiger charge is 2.21. The van der Waals surface area contributed by atoms with E-state index in [2.05, 4.69) is 21.3 Å². The van der Waals surface area contributed by atoms with E-state index in [1.807, 2.05) is 5.32 Å². The normalized spacial score (nSPS) is 13.2. The molecule has 0 aliphatic heterocycles. The van der Waals surface area contributed by atoms with Gasteiger partial charge < -0.3 is 42.5 Å². The van der Waals surface area contributed by atoms with Crippen LogP contribution in [0.5, 0.6) is 0 Å². The zero-order valence-electron chi connectivity index (χ0n) is 16.0. The molecule has 0 radical (unpaired) electrons. The lowest BCUT2D eigenvalue weighted by Crippen LogP contribution is -2.52. The Labute approximate surface area is 165 Å². The van der Waals surface area contributed by atoms with Crippen molar-refractivity contribution in [1.29, 1.82) is 0 Å². The number of amides is 5. The van der Waals surface area contributed by atoms with Gasteiger partial charge in [-0.3, -0.25) is 24.0 Å². The van der Waals surface area contributed by atoms with Gasteiger partial charge in [-0.2, -0.15) is 0 Å². The summed E-state index contributed by atoms with van der Waals surface area (Å²) in [6, 6.07) is -3.47. The van der Waals surface area contributed by atoms with Gasteiger partial charge in [0.05, 0.1) is 26.2 Å². The summed E-state index contributed by atoms with van der Waals surface area (Å²) in [5, 5.41) is 28.5. The molecule has 3 atom stereocenters. The lowest BCUT2D eigenvalue weighted by atomic mass is 10.3. The zero-order valence-corrected chi connectivity index (χ0v) is 16.0. The molecule has 0 aliphatic carbocycles. The van der Waals surface area contributed by atoms with Gasteiger partial charge >= 0.3 is 5.97 Å². The number of nitrogens with two attached hydrogens (primary N) is 1. The molecule has 14 nitrogen and oxygen atoms in total. The van der Waals surface area contributed by atoms with E-state index in [9.17, 15) is 28.8 Å². The van der Waals surface area contributed by atoms with Crippen molar-refractivity contribution in [1.82, 2.24) is 26.6 Å². The number of aliphatic hydroxyl groups excluding tert-OH is 1. The molecule has 0 bridgehead atoms. The molecule has 14 heteroatoms. The smallest absolute Gasteiger partial charge is 0.328 e. The Kier molecular flexibility index (Phi) is 11.5.